The number of carboxylic acids is 2. The molecule has 0 saturated heterocycles. The number of carboxylic acid groups (broad SMARTS) is 2. The van der Waals surface area contributed by atoms with E-state index in [2.05, 4.69) is 10.6 Å². The predicted octanol–water partition coefficient (Wildman–Crippen LogP) is 3.08. The zero-order valence-electron chi connectivity index (χ0n) is 18.0. The number of rotatable bonds is 9. The first kappa shape index (κ1) is 28.1. The summed E-state index contributed by atoms with van der Waals surface area (Å²) in [5.74, 6) is -4.11. The third kappa shape index (κ3) is 5.91. The van der Waals surface area contributed by atoms with Crippen molar-refractivity contribution in [3.05, 3.63) is 69.9 Å². The first-order chi connectivity index (χ1) is 14.9. The molecule has 3 rings (SSSR count). The molecule has 0 aliphatic rings. The molecule has 2 atom stereocenters. The van der Waals surface area contributed by atoms with Crippen LogP contribution in [0.15, 0.2) is 57.7 Å². The van der Waals surface area contributed by atoms with Gasteiger partial charge < -0.3 is 25.3 Å². The molecule has 2 unspecified atom stereocenters. The van der Waals surface area contributed by atoms with Crippen molar-refractivity contribution in [1.82, 2.24) is 10.6 Å². The summed E-state index contributed by atoms with van der Waals surface area (Å²) in [5, 5.41) is 25.6. The Labute approximate surface area is 202 Å². The van der Waals surface area contributed by atoms with Gasteiger partial charge in [-0.1, -0.05) is 36.4 Å². The molecule has 3 aromatic rings. The van der Waals surface area contributed by atoms with Gasteiger partial charge in [0.05, 0.1) is 17.2 Å². The van der Waals surface area contributed by atoms with Gasteiger partial charge in [0.2, 0.25) is 0 Å². The fourth-order valence-electron chi connectivity index (χ4n) is 3.71. The number of hydrogen-bond donors (Lipinski definition) is 4. The number of hydrogen-bond acceptors (Lipinski definition) is 6. The number of fused-ring (bicyclic) bond motifs is 1. The Hall–Kier alpha value is -2.91. The molecular weight excluding hydrogens is 471 g/mol. The molecule has 1 heterocycles. The second-order valence-corrected chi connectivity index (χ2v) is 7.18. The Morgan fingerprint density at radius 1 is 0.909 bits per heavy atom. The number of likely N-dealkylation sites (N-methyl/N-ethyl adjacent to an activating group) is 2. The van der Waals surface area contributed by atoms with Crippen molar-refractivity contribution < 1.29 is 24.2 Å². The molecule has 0 aliphatic heterocycles. The number of aliphatic carboxylic acids is 2. The van der Waals surface area contributed by atoms with Crippen molar-refractivity contribution in [3.8, 4) is 11.3 Å². The highest BCUT2D eigenvalue weighted by Crippen LogP contribution is 2.35. The van der Waals surface area contributed by atoms with Gasteiger partial charge >= 0.3 is 11.9 Å². The Morgan fingerprint density at radius 3 is 2.03 bits per heavy atom. The molecule has 0 saturated carbocycles. The molecule has 0 radical (unpaired) electrons. The van der Waals surface area contributed by atoms with Crippen molar-refractivity contribution >= 4 is 47.7 Å². The lowest BCUT2D eigenvalue weighted by molar-refractivity contribution is -0.140. The topological polar surface area (TPSA) is 129 Å². The van der Waals surface area contributed by atoms with Crippen molar-refractivity contribution in [2.45, 2.75) is 11.8 Å². The van der Waals surface area contributed by atoms with Gasteiger partial charge in [-0.3, -0.25) is 14.4 Å². The Morgan fingerprint density at radius 2 is 1.48 bits per heavy atom. The lowest BCUT2D eigenvalue weighted by atomic mass is 9.85. The van der Waals surface area contributed by atoms with Crippen LogP contribution in [-0.4, -0.2) is 49.3 Å². The Bertz CT molecular complexity index is 1170. The normalized spacial score (nSPS) is 12.3. The van der Waals surface area contributed by atoms with E-state index in [1.54, 1.807) is 38.4 Å². The molecular formula is C23H26Cl2N2O6. The second-order valence-electron chi connectivity index (χ2n) is 7.18. The summed E-state index contributed by atoms with van der Waals surface area (Å²) in [6.07, 6.45) is 0. The van der Waals surface area contributed by atoms with Crippen molar-refractivity contribution in [1.29, 1.82) is 0 Å². The molecule has 10 heteroatoms. The van der Waals surface area contributed by atoms with Gasteiger partial charge in [-0.2, -0.15) is 0 Å². The minimum absolute atomic E-state index is 0. The summed E-state index contributed by atoms with van der Waals surface area (Å²) < 4.78 is 6.08. The first-order valence-electron chi connectivity index (χ1n) is 9.79. The Balaban J connectivity index is 0.00000272. The Kier molecular flexibility index (Phi) is 10.5. The maximum absolute atomic E-state index is 12.9. The quantitative estimate of drug-likeness (QED) is 0.355. The minimum Gasteiger partial charge on any atom is -0.481 e. The number of carbonyl (C=O) groups is 2. The largest absolute Gasteiger partial charge is 0.481 e. The van der Waals surface area contributed by atoms with Crippen LogP contribution < -0.4 is 16.1 Å². The van der Waals surface area contributed by atoms with Gasteiger partial charge in [-0.25, -0.2) is 0 Å². The SMILES string of the molecule is CNCC(C(=O)O)c1ccc2c(=O)cc(-c3ccccc3)oc2c1C(CNC)C(=O)O.Cl.Cl. The van der Waals surface area contributed by atoms with E-state index in [1.807, 2.05) is 6.07 Å². The van der Waals surface area contributed by atoms with E-state index in [4.69, 9.17) is 4.42 Å². The third-order valence-electron chi connectivity index (χ3n) is 5.16. The average Bonchev–Trinajstić information content (AvgIpc) is 2.75. The molecule has 33 heavy (non-hydrogen) atoms. The van der Waals surface area contributed by atoms with Crippen LogP contribution in [0.4, 0.5) is 0 Å². The summed E-state index contributed by atoms with van der Waals surface area (Å²) >= 11 is 0. The highest BCUT2D eigenvalue weighted by molar-refractivity contribution is 5.91. The lowest BCUT2D eigenvalue weighted by Gasteiger charge is -2.22. The maximum atomic E-state index is 12.9. The van der Waals surface area contributed by atoms with Gasteiger partial charge in [-0.05, 0) is 25.7 Å². The molecule has 0 aliphatic carbocycles. The summed E-state index contributed by atoms with van der Waals surface area (Å²) in [6, 6.07) is 13.3. The number of benzene rings is 2. The van der Waals surface area contributed by atoms with E-state index >= 15 is 0 Å². The van der Waals surface area contributed by atoms with E-state index < -0.39 is 23.8 Å². The molecule has 2 aromatic carbocycles. The monoisotopic (exact) mass is 496 g/mol. The van der Waals surface area contributed by atoms with E-state index in [-0.39, 0.29) is 65.6 Å². The summed E-state index contributed by atoms with van der Waals surface area (Å²) in [4.78, 5) is 37.0. The lowest BCUT2D eigenvalue weighted by Crippen LogP contribution is -2.30. The third-order valence-corrected chi connectivity index (χ3v) is 5.16. The second kappa shape index (κ2) is 12.4. The van der Waals surface area contributed by atoms with Gasteiger partial charge in [0, 0.05) is 30.3 Å². The molecule has 0 bridgehead atoms. The average molecular weight is 497 g/mol. The van der Waals surface area contributed by atoms with Gasteiger partial charge in [0.15, 0.2) is 5.43 Å². The van der Waals surface area contributed by atoms with Crippen LogP contribution in [0.3, 0.4) is 0 Å². The van der Waals surface area contributed by atoms with Crippen LogP contribution in [0, 0.1) is 0 Å². The molecule has 8 nitrogen and oxygen atoms in total. The van der Waals surface area contributed by atoms with Crippen LogP contribution in [-0.2, 0) is 9.59 Å². The van der Waals surface area contributed by atoms with E-state index in [0.717, 1.165) is 0 Å². The van der Waals surface area contributed by atoms with Crippen molar-refractivity contribution in [2.75, 3.05) is 27.2 Å². The van der Waals surface area contributed by atoms with Gasteiger partial charge in [-0.15, -0.1) is 24.8 Å². The van der Waals surface area contributed by atoms with E-state index in [0.29, 0.717) is 11.1 Å². The van der Waals surface area contributed by atoms with Crippen LogP contribution in [0.25, 0.3) is 22.3 Å². The summed E-state index contributed by atoms with van der Waals surface area (Å²) in [6.45, 7) is 0.120. The van der Waals surface area contributed by atoms with Gasteiger partial charge in [0.1, 0.15) is 11.3 Å². The number of nitrogens with one attached hydrogen (secondary N) is 2. The maximum Gasteiger partial charge on any atom is 0.312 e. The highest BCUT2D eigenvalue weighted by atomic mass is 35.5. The summed E-state index contributed by atoms with van der Waals surface area (Å²) in [5.41, 5.74) is 0.904. The number of halogens is 2. The molecule has 178 valence electrons. The first-order valence-corrected chi connectivity index (χ1v) is 9.79. The minimum atomic E-state index is -1.15. The van der Waals surface area contributed by atoms with Crippen molar-refractivity contribution in [3.63, 3.8) is 0 Å². The van der Waals surface area contributed by atoms with Crippen LogP contribution >= 0.6 is 24.8 Å². The predicted molar refractivity (Wildman–Crippen MR) is 131 cm³/mol. The molecule has 0 fully saturated rings. The van der Waals surface area contributed by atoms with E-state index in [1.165, 1.54) is 18.2 Å². The summed E-state index contributed by atoms with van der Waals surface area (Å²) in [7, 11) is 3.22. The molecule has 0 spiro atoms. The highest BCUT2D eigenvalue weighted by Gasteiger charge is 2.32. The fraction of sp³-hybridized carbons (Fsp3) is 0.261. The smallest absolute Gasteiger partial charge is 0.312 e. The molecule has 4 N–H and O–H groups in total. The van der Waals surface area contributed by atoms with Crippen molar-refractivity contribution in [2.24, 2.45) is 0 Å². The van der Waals surface area contributed by atoms with E-state index in [9.17, 15) is 24.6 Å². The zero-order valence-corrected chi connectivity index (χ0v) is 19.7. The van der Waals surface area contributed by atoms with Crippen LogP contribution in [0.5, 0.6) is 0 Å². The fourth-order valence-corrected chi connectivity index (χ4v) is 3.71. The van der Waals surface area contributed by atoms with Crippen LogP contribution in [0.2, 0.25) is 0 Å². The van der Waals surface area contributed by atoms with Crippen LogP contribution in [0.1, 0.15) is 23.0 Å². The molecule has 0 amide bonds. The zero-order chi connectivity index (χ0) is 22.5. The molecule has 1 aromatic heterocycles. The standard InChI is InChI=1S/C23H24N2O6.2ClH/c1-24-11-16(22(27)28)14-8-9-15-18(26)10-19(13-6-4-3-5-7-13)31-21(15)20(14)17(12-25-2)23(29)30;;/h3-10,16-17,24-25H,11-12H2,1-2H3,(H,27,28)(H,29,30);2*1H. The van der Waals surface area contributed by atoms with Gasteiger partial charge in [0.25, 0.3) is 0 Å².